The van der Waals surface area contributed by atoms with Crippen molar-refractivity contribution < 1.29 is 0 Å². The lowest BCUT2D eigenvalue weighted by atomic mass is 10.0. The van der Waals surface area contributed by atoms with Crippen molar-refractivity contribution in [2.24, 2.45) is 5.92 Å². The van der Waals surface area contributed by atoms with Gasteiger partial charge in [0.1, 0.15) is 0 Å². The van der Waals surface area contributed by atoms with E-state index in [0.717, 1.165) is 17.5 Å². The summed E-state index contributed by atoms with van der Waals surface area (Å²) in [6, 6.07) is 13.0. The molecule has 0 radical (unpaired) electrons. The Kier molecular flexibility index (Phi) is 4.27. The Balaban J connectivity index is 1.69. The molecule has 19 heavy (non-hydrogen) atoms. The molecular weight excluding hydrogens is 342 g/mol. The minimum absolute atomic E-state index is 0.457. The second-order valence-electron chi connectivity index (χ2n) is 4.95. The van der Waals surface area contributed by atoms with Gasteiger partial charge in [-0.1, -0.05) is 23.7 Å². The maximum Gasteiger partial charge on any atom is 0.0701 e. The lowest BCUT2D eigenvalue weighted by molar-refractivity contribution is 0.483. The van der Waals surface area contributed by atoms with E-state index in [1.807, 2.05) is 12.1 Å². The highest BCUT2D eigenvalue weighted by Gasteiger charge is 2.31. The van der Waals surface area contributed by atoms with Gasteiger partial charge < -0.3 is 5.32 Å². The molecule has 1 atom stereocenters. The molecule has 1 unspecified atom stereocenters. The Morgan fingerprint density at radius 1 is 1.21 bits per heavy atom. The second-order valence-corrected chi connectivity index (χ2v) is 7.94. The molecule has 1 saturated carbocycles. The zero-order valence-electron chi connectivity index (χ0n) is 10.4. The maximum atomic E-state index is 5.96. The molecule has 0 saturated heterocycles. The van der Waals surface area contributed by atoms with Gasteiger partial charge in [0, 0.05) is 22.5 Å². The number of hydrogen-bond acceptors (Lipinski definition) is 2. The van der Waals surface area contributed by atoms with Crippen LogP contribution in [-0.4, -0.2) is 0 Å². The number of benzene rings is 1. The summed E-state index contributed by atoms with van der Waals surface area (Å²) in [5.74, 6) is 0.782. The molecule has 4 heteroatoms. The molecule has 1 aromatic carbocycles. The minimum atomic E-state index is 0.457. The normalized spacial score (nSPS) is 16.5. The van der Waals surface area contributed by atoms with E-state index in [1.54, 1.807) is 11.3 Å². The largest absolute Gasteiger partial charge is 0.305 e. The molecule has 1 heterocycles. The van der Waals surface area contributed by atoms with E-state index in [9.17, 15) is 0 Å². The first-order chi connectivity index (χ1) is 9.22. The summed E-state index contributed by atoms with van der Waals surface area (Å²) >= 11 is 11.3. The Hall–Kier alpha value is -0.350. The Morgan fingerprint density at radius 2 is 1.95 bits per heavy atom. The molecule has 1 N–H and O–H groups in total. The Bertz CT molecular complexity index is 548. The molecule has 1 aromatic heterocycles. The van der Waals surface area contributed by atoms with Crippen LogP contribution in [0.4, 0.5) is 0 Å². The number of nitrogens with one attached hydrogen (secondary N) is 1. The fourth-order valence-electron chi connectivity index (χ4n) is 2.31. The molecule has 3 rings (SSSR count). The van der Waals surface area contributed by atoms with Gasteiger partial charge in [-0.15, -0.1) is 11.3 Å². The van der Waals surface area contributed by atoms with E-state index < -0.39 is 0 Å². The van der Waals surface area contributed by atoms with Crippen LogP contribution < -0.4 is 5.32 Å². The molecule has 1 nitrogen and oxygen atoms in total. The van der Waals surface area contributed by atoms with Gasteiger partial charge in [0.05, 0.1) is 3.79 Å². The molecule has 0 amide bonds. The summed E-state index contributed by atoms with van der Waals surface area (Å²) in [5, 5.41) is 4.50. The van der Waals surface area contributed by atoms with Crippen LogP contribution in [0, 0.1) is 5.92 Å². The minimum Gasteiger partial charge on any atom is -0.305 e. The topological polar surface area (TPSA) is 12.0 Å². The molecule has 1 aliphatic rings. The van der Waals surface area contributed by atoms with E-state index in [1.165, 1.54) is 27.1 Å². The fraction of sp³-hybridized carbons (Fsp3) is 0.333. The monoisotopic (exact) mass is 355 g/mol. The summed E-state index contributed by atoms with van der Waals surface area (Å²) in [5.41, 5.74) is 1.35. The number of halogens is 2. The van der Waals surface area contributed by atoms with Crippen molar-refractivity contribution in [2.75, 3.05) is 0 Å². The Morgan fingerprint density at radius 3 is 2.53 bits per heavy atom. The maximum absolute atomic E-state index is 5.96. The zero-order valence-corrected chi connectivity index (χ0v) is 13.6. The van der Waals surface area contributed by atoms with Crippen molar-refractivity contribution in [1.82, 2.24) is 5.32 Å². The predicted octanol–water partition coefficient (Wildman–Crippen LogP) is 5.40. The van der Waals surface area contributed by atoms with E-state index in [2.05, 4.69) is 45.5 Å². The van der Waals surface area contributed by atoms with E-state index >= 15 is 0 Å². The van der Waals surface area contributed by atoms with Gasteiger partial charge in [-0.05, 0) is 64.5 Å². The summed E-state index contributed by atoms with van der Waals surface area (Å²) in [7, 11) is 0. The number of hydrogen-bond donors (Lipinski definition) is 1. The molecule has 100 valence electrons. The zero-order chi connectivity index (χ0) is 13.2. The van der Waals surface area contributed by atoms with Crippen molar-refractivity contribution in [3.63, 3.8) is 0 Å². The second kappa shape index (κ2) is 5.96. The van der Waals surface area contributed by atoms with Gasteiger partial charge in [-0.25, -0.2) is 0 Å². The van der Waals surface area contributed by atoms with Gasteiger partial charge in [0.25, 0.3) is 0 Å². The first-order valence-corrected chi connectivity index (χ1v) is 8.44. The van der Waals surface area contributed by atoms with E-state index in [-0.39, 0.29) is 0 Å². The summed E-state index contributed by atoms with van der Waals surface area (Å²) in [6.45, 7) is 0.931. The van der Waals surface area contributed by atoms with Gasteiger partial charge in [-0.2, -0.15) is 0 Å². The summed E-state index contributed by atoms with van der Waals surface area (Å²) in [6.07, 6.45) is 2.66. The highest BCUT2D eigenvalue weighted by Crippen LogP contribution is 2.41. The van der Waals surface area contributed by atoms with Crippen LogP contribution in [0.25, 0.3) is 0 Å². The van der Waals surface area contributed by atoms with Gasteiger partial charge in [0.2, 0.25) is 0 Å². The van der Waals surface area contributed by atoms with Gasteiger partial charge >= 0.3 is 0 Å². The van der Waals surface area contributed by atoms with Gasteiger partial charge in [0.15, 0.2) is 0 Å². The lowest BCUT2D eigenvalue weighted by Crippen LogP contribution is -2.22. The van der Waals surface area contributed by atoms with Gasteiger partial charge in [-0.3, -0.25) is 0 Å². The average molecular weight is 357 g/mol. The first kappa shape index (κ1) is 13.6. The predicted molar refractivity (Wildman–Crippen MR) is 85.8 cm³/mol. The van der Waals surface area contributed by atoms with Crippen LogP contribution in [0.3, 0.4) is 0 Å². The molecule has 0 spiro atoms. The highest BCUT2D eigenvalue weighted by molar-refractivity contribution is 9.11. The van der Waals surface area contributed by atoms with Crippen LogP contribution in [-0.2, 0) is 6.54 Å². The summed E-state index contributed by atoms with van der Waals surface area (Å²) in [4.78, 5) is 1.37. The van der Waals surface area contributed by atoms with Crippen LogP contribution in [0.15, 0.2) is 40.2 Å². The highest BCUT2D eigenvalue weighted by atomic mass is 79.9. The number of rotatable bonds is 5. The molecular formula is C15H15BrClNS. The third-order valence-corrected chi connectivity index (χ3v) is 5.32. The van der Waals surface area contributed by atoms with Crippen molar-refractivity contribution >= 4 is 38.9 Å². The smallest absolute Gasteiger partial charge is 0.0701 e. The third kappa shape index (κ3) is 3.60. The molecule has 1 fully saturated rings. The van der Waals surface area contributed by atoms with E-state index in [4.69, 9.17) is 11.6 Å². The van der Waals surface area contributed by atoms with Crippen molar-refractivity contribution in [3.8, 4) is 0 Å². The van der Waals surface area contributed by atoms with Crippen molar-refractivity contribution in [1.29, 1.82) is 0 Å². The van der Waals surface area contributed by atoms with E-state index in [0.29, 0.717) is 6.04 Å². The van der Waals surface area contributed by atoms with Crippen LogP contribution >= 0.6 is 38.9 Å². The van der Waals surface area contributed by atoms with Crippen molar-refractivity contribution in [3.05, 3.63) is 55.6 Å². The average Bonchev–Trinajstić information content (AvgIpc) is 3.15. The molecule has 1 aliphatic carbocycles. The SMILES string of the molecule is Clc1ccc(C(NCc2ccc(Br)s2)C2CC2)cc1. The fourth-order valence-corrected chi connectivity index (χ4v) is 3.87. The quantitative estimate of drug-likeness (QED) is 0.756. The molecule has 0 aliphatic heterocycles. The van der Waals surface area contributed by atoms with Crippen LogP contribution in [0.5, 0.6) is 0 Å². The van der Waals surface area contributed by atoms with Crippen LogP contribution in [0.1, 0.15) is 29.3 Å². The van der Waals surface area contributed by atoms with Crippen LogP contribution in [0.2, 0.25) is 5.02 Å². The molecule has 2 aromatic rings. The Labute approximate surface area is 131 Å². The third-order valence-electron chi connectivity index (χ3n) is 3.45. The van der Waals surface area contributed by atoms with Crippen molar-refractivity contribution in [2.45, 2.75) is 25.4 Å². The summed E-state index contributed by atoms with van der Waals surface area (Å²) < 4.78 is 1.19. The standard InChI is InChI=1S/C15H15BrClNS/c16-14-8-7-13(19-14)9-18-15(10-1-2-10)11-3-5-12(17)6-4-11/h3-8,10,15,18H,1-2,9H2. The lowest BCUT2D eigenvalue weighted by Gasteiger charge is -2.18. The first-order valence-electron chi connectivity index (χ1n) is 6.45. The number of thiophene rings is 1. The molecule has 0 bridgehead atoms.